The minimum absolute atomic E-state index is 0.00588. The number of pyridine rings is 1. The quantitative estimate of drug-likeness (QED) is 0.464. The van der Waals surface area contributed by atoms with Crippen molar-refractivity contribution in [3.8, 4) is 0 Å². The van der Waals surface area contributed by atoms with Crippen molar-refractivity contribution in [2.24, 2.45) is 5.92 Å². The number of amides is 1. The summed E-state index contributed by atoms with van der Waals surface area (Å²) in [5, 5.41) is 0.164. The van der Waals surface area contributed by atoms with Gasteiger partial charge in [-0.3, -0.25) is 19.1 Å². The van der Waals surface area contributed by atoms with Crippen molar-refractivity contribution in [2.45, 2.75) is 52.7 Å². The van der Waals surface area contributed by atoms with Crippen molar-refractivity contribution >= 4 is 16.9 Å². The first-order valence-electron chi connectivity index (χ1n) is 12.4. The molecule has 4 heterocycles. The summed E-state index contributed by atoms with van der Waals surface area (Å²) in [6, 6.07) is 15.4. The molecular formula is C28H31N5O3. The fourth-order valence-corrected chi connectivity index (χ4v) is 5.04. The average Bonchev–Trinajstić information content (AvgIpc) is 3.34. The number of nitrogens with zero attached hydrogens (tertiary/aromatic N) is 4. The summed E-state index contributed by atoms with van der Waals surface area (Å²) in [5.74, 6) is -0.0880. The molecule has 0 aliphatic carbocycles. The summed E-state index contributed by atoms with van der Waals surface area (Å²) >= 11 is 0. The van der Waals surface area contributed by atoms with Crippen LogP contribution in [0.15, 0.2) is 64.3 Å². The number of carbonyl (C=O) groups is 1. The van der Waals surface area contributed by atoms with Gasteiger partial charge in [0.05, 0.1) is 17.0 Å². The maximum Gasteiger partial charge on any atom is 0.330 e. The fraction of sp³-hybridized carbons (Fsp3) is 0.357. The van der Waals surface area contributed by atoms with Crippen LogP contribution in [-0.4, -0.2) is 36.5 Å². The highest BCUT2D eigenvalue weighted by Crippen LogP contribution is 2.34. The van der Waals surface area contributed by atoms with Crippen LogP contribution < -0.4 is 11.2 Å². The highest BCUT2D eigenvalue weighted by molar-refractivity contribution is 6.05. The van der Waals surface area contributed by atoms with E-state index in [1.165, 1.54) is 4.57 Å². The first-order chi connectivity index (χ1) is 17.3. The van der Waals surface area contributed by atoms with Crippen molar-refractivity contribution in [1.29, 1.82) is 0 Å². The largest absolute Gasteiger partial charge is 0.348 e. The lowest BCUT2D eigenvalue weighted by Crippen LogP contribution is -2.43. The minimum atomic E-state index is -0.585. The Balaban J connectivity index is 1.74. The molecule has 8 heteroatoms. The molecule has 0 saturated heterocycles. The van der Waals surface area contributed by atoms with E-state index >= 15 is 0 Å². The zero-order valence-corrected chi connectivity index (χ0v) is 21.1. The van der Waals surface area contributed by atoms with Crippen LogP contribution in [0, 0.1) is 5.92 Å². The van der Waals surface area contributed by atoms with Crippen LogP contribution in [0.4, 0.5) is 0 Å². The van der Waals surface area contributed by atoms with E-state index < -0.39 is 11.2 Å². The number of benzene rings is 1. The standard InChI is InChI=1S/C28H31N5O3/c1-17(2)16-33-25-23(26(34)30-28(33)36)20(15-21(29-25)18(3)4)27(35)32-14-13-31-12-8-11-22(31)24(32)19-9-6-5-7-10-19/h5-12,15,17-18,24H,13-14,16H2,1-4H3,(H,30,34,36). The van der Waals surface area contributed by atoms with Gasteiger partial charge in [0.2, 0.25) is 0 Å². The van der Waals surface area contributed by atoms with Crippen LogP contribution in [-0.2, 0) is 13.1 Å². The Morgan fingerprint density at radius 1 is 1.06 bits per heavy atom. The summed E-state index contributed by atoms with van der Waals surface area (Å²) in [4.78, 5) is 49.2. The highest BCUT2D eigenvalue weighted by atomic mass is 16.2. The van der Waals surface area contributed by atoms with Gasteiger partial charge in [0.25, 0.3) is 11.5 Å². The number of aromatic amines is 1. The predicted molar refractivity (Wildman–Crippen MR) is 139 cm³/mol. The van der Waals surface area contributed by atoms with Gasteiger partial charge in [-0.1, -0.05) is 58.0 Å². The lowest BCUT2D eigenvalue weighted by Gasteiger charge is -2.37. The van der Waals surface area contributed by atoms with E-state index in [4.69, 9.17) is 4.98 Å². The Bertz CT molecular complexity index is 1550. The highest BCUT2D eigenvalue weighted by Gasteiger charge is 2.34. The fourth-order valence-electron chi connectivity index (χ4n) is 5.04. The van der Waals surface area contributed by atoms with E-state index in [0.717, 1.165) is 11.3 Å². The summed E-state index contributed by atoms with van der Waals surface area (Å²) in [7, 11) is 0. The van der Waals surface area contributed by atoms with Crippen molar-refractivity contribution in [1.82, 2.24) is 24.0 Å². The van der Waals surface area contributed by atoms with E-state index in [2.05, 4.69) is 9.55 Å². The molecule has 3 aromatic heterocycles. The molecule has 0 spiro atoms. The molecular weight excluding hydrogens is 454 g/mol. The van der Waals surface area contributed by atoms with Crippen LogP contribution in [0.2, 0.25) is 0 Å². The lowest BCUT2D eigenvalue weighted by atomic mass is 9.97. The van der Waals surface area contributed by atoms with Crippen LogP contribution in [0.5, 0.6) is 0 Å². The second kappa shape index (κ2) is 9.26. The van der Waals surface area contributed by atoms with E-state index in [1.807, 2.05) is 81.3 Å². The second-order valence-electron chi connectivity index (χ2n) is 10.1. The number of H-pyrrole nitrogens is 1. The molecule has 1 aromatic carbocycles. The normalized spacial score (nSPS) is 15.6. The summed E-state index contributed by atoms with van der Waals surface area (Å²) in [5.41, 5.74) is 2.15. The molecule has 0 saturated carbocycles. The molecule has 4 aromatic rings. The van der Waals surface area contributed by atoms with Gasteiger partial charge in [0.15, 0.2) is 5.65 Å². The first-order valence-corrected chi connectivity index (χ1v) is 12.4. The average molecular weight is 486 g/mol. The first kappa shape index (κ1) is 23.8. The van der Waals surface area contributed by atoms with Crippen molar-refractivity contribution in [3.05, 3.63) is 98.1 Å². The number of carbonyl (C=O) groups excluding carboxylic acids is 1. The Kier molecular flexibility index (Phi) is 6.12. The molecule has 1 aliphatic rings. The molecule has 5 rings (SSSR count). The maximum absolute atomic E-state index is 14.3. The number of rotatable bonds is 5. The summed E-state index contributed by atoms with van der Waals surface area (Å²) in [6.45, 7) is 9.50. The Morgan fingerprint density at radius 2 is 1.81 bits per heavy atom. The molecule has 1 unspecified atom stereocenters. The molecule has 1 atom stereocenters. The SMILES string of the molecule is CC(C)Cn1c(=O)[nH]c(=O)c2c(C(=O)N3CCn4cccc4C3c3ccccc3)cc(C(C)C)nc21. The third kappa shape index (κ3) is 4.06. The number of fused-ring (bicyclic) bond motifs is 2. The number of hydrogen-bond donors (Lipinski definition) is 1. The van der Waals surface area contributed by atoms with E-state index in [9.17, 15) is 14.4 Å². The molecule has 1 aliphatic heterocycles. The molecule has 0 radical (unpaired) electrons. The third-order valence-electron chi connectivity index (χ3n) is 6.75. The van der Waals surface area contributed by atoms with E-state index in [-0.39, 0.29) is 40.4 Å². The molecule has 8 nitrogen and oxygen atoms in total. The number of hydrogen-bond acceptors (Lipinski definition) is 4. The molecule has 186 valence electrons. The summed E-state index contributed by atoms with van der Waals surface area (Å²) < 4.78 is 3.65. The van der Waals surface area contributed by atoms with E-state index in [1.54, 1.807) is 6.07 Å². The molecule has 0 fully saturated rings. The number of nitrogens with one attached hydrogen (secondary N) is 1. The van der Waals surface area contributed by atoms with Gasteiger partial charge in [0, 0.05) is 37.2 Å². The van der Waals surface area contributed by atoms with Gasteiger partial charge < -0.3 is 9.47 Å². The predicted octanol–water partition coefficient (Wildman–Crippen LogP) is 3.91. The van der Waals surface area contributed by atoms with Gasteiger partial charge in [-0.15, -0.1) is 0 Å². The maximum atomic E-state index is 14.3. The van der Waals surface area contributed by atoms with E-state index in [0.29, 0.717) is 25.3 Å². The van der Waals surface area contributed by atoms with Crippen LogP contribution in [0.3, 0.4) is 0 Å². The van der Waals surface area contributed by atoms with Crippen molar-refractivity contribution in [2.75, 3.05) is 6.54 Å². The topological polar surface area (TPSA) is 93.0 Å². The van der Waals surface area contributed by atoms with Gasteiger partial charge in [-0.25, -0.2) is 9.78 Å². The molecule has 1 N–H and O–H groups in total. The Labute approximate surface area is 209 Å². The Morgan fingerprint density at radius 3 is 2.50 bits per heavy atom. The smallest absolute Gasteiger partial charge is 0.330 e. The lowest BCUT2D eigenvalue weighted by molar-refractivity contribution is 0.0665. The monoisotopic (exact) mass is 485 g/mol. The van der Waals surface area contributed by atoms with Gasteiger partial charge >= 0.3 is 5.69 Å². The van der Waals surface area contributed by atoms with Gasteiger partial charge in [-0.05, 0) is 35.6 Å². The summed E-state index contributed by atoms with van der Waals surface area (Å²) in [6.07, 6.45) is 2.03. The minimum Gasteiger partial charge on any atom is -0.348 e. The van der Waals surface area contributed by atoms with Gasteiger partial charge in [-0.2, -0.15) is 0 Å². The second-order valence-corrected chi connectivity index (χ2v) is 10.1. The van der Waals surface area contributed by atoms with Crippen molar-refractivity contribution in [3.63, 3.8) is 0 Å². The molecule has 36 heavy (non-hydrogen) atoms. The molecule has 0 bridgehead atoms. The molecule has 1 amide bonds. The Hall–Kier alpha value is -3.94. The van der Waals surface area contributed by atoms with Gasteiger partial charge in [0.1, 0.15) is 0 Å². The van der Waals surface area contributed by atoms with Crippen LogP contribution in [0.1, 0.15) is 67.0 Å². The van der Waals surface area contributed by atoms with Crippen molar-refractivity contribution < 1.29 is 4.79 Å². The van der Waals surface area contributed by atoms with Crippen LogP contribution >= 0.6 is 0 Å². The number of aromatic nitrogens is 4. The third-order valence-corrected chi connectivity index (χ3v) is 6.75. The van der Waals surface area contributed by atoms with Crippen LogP contribution in [0.25, 0.3) is 11.0 Å². The zero-order chi connectivity index (χ0) is 25.6. The zero-order valence-electron chi connectivity index (χ0n) is 21.1.